The first kappa shape index (κ1) is 15.4. The Labute approximate surface area is 100 Å². The molecule has 0 heterocycles. The SMILES string of the molecule is O=C(c1ccc(F)cc1)C(F)(F)C(F)(F)C(F)(F)F. The second kappa shape index (κ2) is 4.46. The average Bonchev–Trinajstić information content (AvgIpc) is 2.27. The molecule has 1 aromatic carbocycles. The Morgan fingerprint density at radius 3 is 1.63 bits per heavy atom. The standard InChI is InChI=1S/C10H4F8O/c11-6-3-1-5(2-4-6)7(19)8(12,13)9(14,15)10(16,17)18/h1-4H. The van der Waals surface area contributed by atoms with Gasteiger partial charge in [-0.3, -0.25) is 4.79 Å². The van der Waals surface area contributed by atoms with E-state index in [0.717, 1.165) is 0 Å². The van der Waals surface area contributed by atoms with Crippen molar-refractivity contribution in [3.05, 3.63) is 35.6 Å². The van der Waals surface area contributed by atoms with Crippen molar-refractivity contribution in [1.82, 2.24) is 0 Å². The summed E-state index contributed by atoms with van der Waals surface area (Å²) in [6, 6.07) is 1.74. The van der Waals surface area contributed by atoms with Crippen molar-refractivity contribution in [2.24, 2.45) is 0 Å². The molecule has 9 heteroatoms. The van der Waals surface area contributed by atoms with Crippen LogP contribution in [0.3, 0.4) is 0 Å². The third-order valence-corrected chi connectivity index (χ3v) is 2.14. The highest BCUT2D eigenvalue weighted by molar-refractivity contribution is 6.02. The van der Waals surface area contributed by atoms with Gasteiger partial charge in [0.15, 0.2) is 0 Å². The van der Waals surface area contributed by atoms with Crippen molar-refractivity contribution in [3.8, 4) is 0 Å². The van der Waals surface area contributed by atoms with Crippen molar-refractivity contribution >= 4 is 5.78 Å². The van der Waals surface area contributed by atoms with Crippen LogP contribution in [0.2, 0.25) is 0 Å². The lowest BCUT2D eigenvalue weighted by Gasteiger charge is -2.26. The lowest BCUT2D eigenvalue weighted by molar-refractivity contribution is -0.339. The maximum atomic E-state index is 13.0. The largest absolute Gasteiger partial charge is 0.460 e. The van der Waals surface area contributed by atoms with Crippen LogP contribution in [0.1, 0.15) is 10.4 Å². The molecule has 0 amide bonds. The van der Waals surface area contributed by atoms with Crippen LogP contribution in [0.25, 0.3) is 0 Å². The zero-order valence-corrected chi connectivity index (χ0v) is 8.74. The fraction of sp³-hybridized carbons (Fsp3) is 0.300. The summed E-state index contributed by atoms with van der Waals surface area (Å²) in [5.74, 6) is -16.2. The van der Waals surface area contributed by atoms with Crippen molar-refractivity contribution in [3.63, 3.8) is 0 Å². The molecule has 0 aliphatic rings. The van der Waals surface area contributed by atoms with Crippen LogP contribution in [-0.2, 0) is 0 Å². The Morgan fingerprint density at radius 1 is 0.842 bits per heavy atom. The highest BCUT2D eigenvalue weighted by atomic mass is 19.4. The van der Waals surface area contributed by atoms with E-state index in [1.54, 1.807) is 0 Å². The van der Waals surface area contributed by atoms with Crippen molar-refractivity contribution in [2.45, 2.75) is 18.0 Å². The monoisotopic (exact) mass is 292 g/mol. The predicted molar refractivity (Wildman–Crippen MR) is 46.7 cm³/mol. The molecule has 0 bridgehead atoms. The number of Topliss-reactive ketones (excluding diaryl/α,β-unsaturated/α-hetero) is 1. The summed E-state index contributed by atoms with van der Waals surface area (Å²) in [5, 5.41) is 0. The summed E-state index contributed by atoms with van der Waals surface area (Å²) < 4.78 is 99.0. The zero-order chi connectivity index (χ0) is 15.1. The second-order valence-corrected chi connectivity index (χ2v) is 3.48. The summed E-state index contributed by atoms with van der Waals surface area (Å²) in [7, 11) is 0. The number of benzene rings is 1. The summed E-state index contributed by atoms with van der Waals surface area (Å²) >= 11 is 0. The number of ketones is 1. The Bertz CT molecular complexity index is 473. The number of carbonyl (C=O) groups excluding carboxylic acids is 1. The van der Waals surface area contributed by atoms with E-state index in [0.29, 0.717) is 24.3 Å². The molecule has 106 valence electrons. The van der Waals surface area contributed by atoms with Gasteiger partial charge in [-0.1, -0.05) is 0 Å². The third kappa shape index (κ3) is 2.54. The summed E-state index contributed by atoms with van der Waals surface area (Å²) in [6.45, 7) is 0. The highest BCUT2D eigenvalue weighted by Gasteiger charge is 2.76. The van der Waals surface area contributed by atoms with Gasteiger partial charge in [0.1, 0.15) is 5.82 Å². The van der Waals surface area contributed by atoms with E-state index >= 15 is 0 Å². The Hall–Kier alpha value is -1.67. The quantitative estimate of drug-likeness (QED) is 0.611. The molecule has 1 aromatic rings. The van der Waals surface area contributed by atoms with Gasteiger partial charge >= 0.3 is 18.0 Å². The number of alkyl halides is 7. The fourth-order valence-corrected chi connectivity index (χ4v) is 1.10. The summed E-state index contributed by atoms with van der Waals surface area (Å²) in [5.41, 5.74) is -1.16. The molecule has 1 rings (SSSR count). The number of carbonyl (C=O) groups is 1. The highest BCUT2D eigenvalue weighted by Crippen LogP contribution is 2.47. The summed E-state index contributed by atoms with van der Waals surface area (Å²) in [6.07, 6.45) is -6.59. The molecule has 0 aliphatic carbocycles. The van der Waals surface area contributed by atoms with Crippen molar-refractivity contribution in [2.75, 3.05) is 0 Å². The van der Waals surface area contributed by atoms with Gasteiger partial charge in [0.2, 0.25) is 5.78 Å². The third-order valence-electron chi connectivity index (χ3n) is 2.14. The van der Waals surface area contributed by atoms with E-state index in [9.17, 15) is 39.9 Å². The number of halogens is 8. The number of rotatable bonds is 3. The van der Waals surface area contributed by atoms with Gasteiger partial charge < -0.3 is 0 Å². The predicted octanol–water partition coefficient (Wildman–Crippen LogP) is 3.84. The van der Waals surface area contributed by atoms with E-state index in [1.165, 1.54) is 0 Å². The Balaban J connectivity index is 3.20. The minimum atomic E-state index is -6.59. The van der Waals surface area contributed by atoms with Gasteiger partial charge in [0.05, 0.1) is 0 Å². The lowest BCUT2D eigenvalue weighted by atomic mass is 10.00. The fourth-order valence-electron chi connectivity index (χ4n) is 1.10. The van der Waals surface area contributed by atoms with Gasteiger partial charge in [0.25, 0.3) is 0 Å². The molecule has 0 atom stereocenters. The van der Waals surface area contributed by atoms with Crippen LogP contribution in [0, 0.1) is 5.82 Å². The number of hydrogen-bond acceptors (Lipinski definition) is 1. The van der Waals surface area contributed by atoms with Crippen LogP contribution in [0.4, 0.5) is 35.1 Å². The van der Waals surface area contributed by atoms with Gasteiger partial charge in [0, 0.05) is 5.56 Å². The van der Waals surface area contributed by atoms with Gasteiger partial charge in [-0.25, -0.2) is 4.39 Å². The Kier molecular flexibility index (Phi) is 3.61. The lowest BCUT2D eigenvalue weighted by Crippen LogP contribution is -2.56. The molecular formula is C10H4F8O. The van der Waals surface area contributed by atoms with E-state index in [2.05, 4.69) is 0 Å². The normalized spacial score (nSPS) is 13.5. The molecule has 0 fully saturated rings. The van der Waals surface area contributed by atoms with Crippen LogP contribution >= 0.6 is 0 Å². The first-order chi connectivity index (χ1) is 8.41. The minimum Gasteiger partial charge on any atom is -0.287 e. The molecule has 0 aromatic heterocycles. The molecule has 0 saturated carbocycles. The van der Waals surface area contributed by atoms with Crippen molar-refractivity contribution in [1.29, 1.82) is 0 Å². The van der Waals surface area contributed by atoms with Crippen LogP contribution in [0.5, 0.6) is 0 Å². The molecule has 0 aliphatic heterocycles. The minimum absolute atomic E-state index is 0.387. The first-order valence-corrected chi connectivity index (χ1v) is 4.54. The molecular weight excluding hydrogens is 288 g/mol. The molecule has 0 N–H and O–H groups in total. The molecule has 1 nitrogen and oxygen atoms in total. The smallest absolute Gasteiger partial charge is 0.287 e. The van der Waals surface area contributed by atoms with Gasteiger partial charge in [-0.05, 0) is 24.3 Å². The van der Waals surface area contributed by atoms with Gasteiger partial charge in [-0.2, -0.15) is 30.7 Å². The maximum Gasteiger partial charge on any atom is 0.460 e. The average molecular weight is 292 g/mol. The van der Waals surface area contributed by atoms with Crippen LogP contribution in [-0.4, -0.2) is 23.8 Å². The van der Waals surface area contributed by atoms with Crippen molar-refractivity contribution < 1.29 is 39.9 Å². The van der Waals surface area contributed by atoms with Crippen LogP contribution < -0.4 is 0 Å². The van der Waals surface area contributed by atoms with E-state index in [-0.39, 0.29) is 0 Å². The molecule has 0 spiro atoms. The van der Waals surface area contributed by atoms with E-state index < -0.39 is 35.2 Å². The first-order valence-electron chi connectivity index (χ1n) is 4.54. The van der Waals surface area contributed by atoms with E-state index in [1.807, 2.05) is 0 Å². The maximum absolute atomic E-state index is 13.0. The molecule has 19 heavy (non-hydrogen) atoms. The van der Waals surface area contributed by atoms with E-state index in [4.69, 9.17) is 0 Å². The Morgan fingerprint density at radius 2 is 1.26 bits per heavy atom. The molecule has 0 saturated heterocycles. The zero-order valence-electron chi connectivity index (χ0n) is 8.74. The molecule has 0 radical (unpaired) electrons. The topological polar surface area (TPSA) is 17.1 Å². The van der Waals surface area contributed by atoms with Crippen LogP contribution in [0.15, 0.2) is 24.3 Å². The second-order valence-electron chi connectivity index (χ2n) is 3.48. The van der Waals surface area contributed by atoms with Gasteiger partial charge in [-0.15, -0.1) is 0 Å². The summed E-state index contributed by atoms with van der Waals surface area (Å²) in [4.78, 5) is 11.0. The molecule has 0 unspecified atom stereocenters. The number of hydrogen-bond donors (Lipinski definition) is 0.